The summed E-state index contributed by atoms with van der Waals surface area (Å²) in [5, 5.41) is 9.17. The zero-order chi connectivity index (χ0) is 49.0. The van der Waals surface area contributed by atoms with Crippen molar-refractivity contribution in [3.05, 3.63) is 57.7 Å². The molecule has 5 aliphatic heterocycles. The van der Waals surface area contributed by atoms with Crippen LogP contribution in [0.15, 0.2) is 35.8 Å². The summed E-state index contributed by atoms with van der Waals surface area (Å²) in [6.45, 7) is 21.7. The first-order valence-corrected chi connectivity index (χ1v) is 26.5. The van der Waals surface area contributed by atoms with Crippen LogP contribution in [-0.4, -0.2) is 145 Å². The van der Waals surface area contributed by atoms with Gasteiger partial charge < -0.3 is 33.6 Å². The van der Waals surface area contributed by atoms with Crippen LogP contribution >= 0.6 is 11.3 Å². The minimum absolute atomic E-state index is 0.00676. The minimum atomic E-state index is -0.898. The number of rotatable bonds is 9. The van der Waals surface area contributed by atoms with Crippen LogP contribution in [0.3, 0.4) is 0 Å². The number of thiazole rings is 1. The average molecular weight is 977 g/mol. The van der Waals surface area contributed by atoms with Crippen molar-refractivity contribution in [3.8, 4) is 34.4 Å². The fraction of sp³-hybridized carbons (Fsp3) is 0.630. The van der Waals surface area contributed by atoms with E-state index in [1.54, 1.807) is 30.6 Å². The monoisotopic (exact) mass is 977 g/mol. The van der Waals surface area contributed by atoms with Crippen LogP contribution in [0.2, 0.25) is 0 Å². The Morgan fingerprint density at radius 3 is 2.46 bits per heavy atom. The highest BCUT2D eigenvalue weighted by molar-refractivity contribution is 7.10. The molecule has 4 saturated heterocycles. The number of ether oxygens (including phenoxy) is 5. The van der Waals surface area contributed by atoms with E-state index in [1.165, 1.54) is 5.56 Å². The molecule has 8 bridgehead atoms. The van der Waals surface area contributed by atoms with Crippen molar-refractivity contribution < 1.29 is 33.3 Å². The molecule has 2 unspecified atom stereocenters. The maximum absolute atomic E-state index is 15.4. The number of aryl methyl sites for hydroxylation is 1. The van der Waals surface area contributed by atoms with Crippen molar-refractivity contribution >= 4 is 34.1 Å². The van der Waals surface area contributed by atoms with Gasteiger partial charge in [0.25, 0.3) is 5.91 Å². The smallest absolute Gasteiger partial charge is 0.261 e. The Hall–Kier alpha value is -4.28. The van der Waals surface area contributed by atoms with E-state index in [0.717, 1.165) is 88.8 Å². The van der Waals surface area contributed by atoms with Crippen molar-refractivity contribution in [3.63, 3.8) is 0 Å². The molecule has 70 heavy (non-hydrogen) atoms. The van der Waals surface area contributed by atoms with Crippen LogP contribution < -0.4 is 10.7 Å². The first-order valence-electron chi connectivity index (χ1n) is 25.6. The van der Waals surface area contributed by atoms with Crippen LogP contribution in [0.1, 0.15) is 95.3 Å². The molecule has 7 aliphatic rings. The molecule has 3 aromatic heterocycles. The van der Waals surface area contributed by atoms with E-state index in [0.29, 0.717) is 45.9 Å². The number of hydrazine groups is 1. The lowest BCUT2D eigenvalue weighted by Gasteiger charge is -2.55. The van der Waals surface area contributed by atoms with E-state index in [9.17, 15) is 4.79 Å². The van der Waals surface area contributed by atoms with Crippen molar-refractivity contribution in [2.75, 3.05) is 73.4 Å². The SMILES string of the molecule is CCn1c(-c2cc(C#C[C@@H](C)N3CCOCC3)cnc2[C@H](C)OC)c2c3cc(ccc31)-c1csc(n1)[C@@H](N1CCOCC1)[C@H](NC(=O)C1[C@@H](C)[C@H]1C)C(=O)N1N[C@@H](C3CC1C3)C(OC)OCC(C)(C)C2. The highest BCUT2D eigenvalue weighted by Crippen LogP contribution is 2.47. The highest BCUT2D eigenvalue weighted by atomic mass is 32.1. The topological polar surface area (TPSA) is 145 Å². The van der Waals surface area contributed by atoms with E-state index in [2.05, 4.69) is 115 Å². The Morgan fingerprint density at radius 2 is 1.77 bits per heavy atom. The van der Waals surface area contributed by atoms with Crippen LogP contribution in [0, 0.1) is 40.9 Å². The number of morpholine rings is 2. The largest absolute Gasteiger partial charge is 0.379 e. The standard InChI is InChI=1S/C54H72N8O7S/c1-10-61-43-14-13-36-26-39(43)41(48(61)40-23-35(28-55-45(40)34(5)65-8)12-11-31(2)59-15-19-67-20-16-59)27-54(6,7)30-69-53(66-9)46-37-24-38(25-37)62(58-46)52(64)47(57-50(63)44-32(3)33(44)4)49(51-56-42(36)29-70-51)60-17-21-68-22-18-60/h13-14,23,26,28-29,31-34,37-38,44,46-47,49,53,58H,10,15-22,24-25,27,30H2,1-9H3,(H,57,63)/t31-,32-,33+,34+,37?,38?,44?,46+,47+,49+,53?/m1/s1. The summed E-state index contributed by atoms with van der Waals surface area (Å²) in [4.78, 5) is 44.9. The van der Waals surface area contributed by atoms with Gasteiger partial charge in [0, 0.05) is 98.1 Å². The van der Waals surface area contributed by atoms with Crippen molar-refractivity contribution in [1.82, 2.24) is 40.1 Å². The van der Waals surface area contributed by atoms with Crippen molar-refractivity contribution in [2.24, 2.45) is 29.1 Å². The quantitative estimate of drug-likeness (QED) is 0.178. The average Bonchev–Trinajstić information content (AvgIpc) is 3.62. The van der Waals surface area contributed by atoms with E-state index in [1.807, 2.05) is 6.20 Å². The van der Waals surface area contributed by atoms with Gasteiger partial charge in [-0.25, -0.2) is 10.4 Å². The molecular formula is C54H72N8O7S. The summed E-state index contributed by atoms with van der Waals surface area (Å²) < 4.78 is 33.1. The second-order valence-electron chi connectivity index (χ2n) is 21.3. The third-order valence-electron chi connectivity index (χ3n) is 16.3. The third-order valence-corrected chi connectivity index (χ3v) is 17.2. The summed E-state index contributed by atoms with van der Waals surface area (Å²) in [7, 11) is 3.42. The second-order valence-corrected chi connectivity index (χ2v) is 22.2. The molecule has 1 aromatic carbocycles. The highest BCUT2D eigenvalue weighted by Gasteiger charge is 2.54. The van der Waals surface area contributed by atoms with Gasteiger partial charge in [0.15, 0.2) is 6.29 Å². The Kier molecular flexibility index (Phi) is 14.3. The van der Waals surface area contributed by atoms with Crippen LogP contribution in [-0.2, 0) is 46.2 Å². The van der Waals surface area contributed by atoms with Gasteiger partial charge in [-0.2, -0.15) is 0 Å². The summed E-state index contributed by atoms with van der Waals surface area (Å²) in [6, 6.07) is 7.24. The number of benzene rings is 1. The van der Waals surface area contributed by atoms with Gasteiger partial charge in [0.1, 0.15) is 11.0 Å². The number of amides is 2. The van der Waals surface area contributed by atoms with Gasteiger partial charge in [-0.1, -0.05) is 45.6 Å². The number of methoxy groups -OCH3 is 2. The molecule has 0 radical (unpaired) electrons. The zero-order valence-electron chi connectivity index (χ0n) is 42.5. The number of nitrogens with one attached hydrogen (secondary N) is 2. The number of fused-ring (bicyclic) bond motifs is 4. The first-order chi connectivity index (χ1) is 33.8. The van der Waals surface area contributed by atoms with Crippen molar-refractivity contribution in [2.45, 2.75) is 117 Å². The van der Waals surface area contributed by atoms with Gasteiger partial charge in [0.2, 0.25) is 5.91 Å². The summed E-state index contributed by atoms with van der Waals surface area (Å²) in [5.74, 6) is 7.40. The zero-order valence-corrected chi connectivity index (χ0v) is 43.3. The lowest BCUT2D eigenvalue weighted by Crippen LogP contribution is -2.73. The Morgan fingerprint density at radius 1 is 1.04 bits per heavy atom. The number of hydrogen-bond acceptors (Lipinski definition) is 13. The molecule has 9 atom stereocenters. The normalized spacial score (nSPS) is 30.2. The molecule has 2 saturated carbocycles. The molecule has 2 amide bonds. The number of aromatic nitrogens is 3. The molecule has 15 nitrogen and oxygen atoms in total. The fourth-order valence-electron chi connectivity index (χ4n) is 11.7. The van der Waals surface area contributed by atoms with Crippen LogP contribution in [0.5, 0.6) is 0 Å². The van der Waals surface area contributed by atoms with Crippen molar-refractivity contribution in [1.29, 1.82) is 0 Å². The second kappa shape index (κ2) is 20.3. The molecule has 6 fully saturated rings. The number of carbonyl (C=O) groups is 2. The molecule has 376 valence electrons. The molecule has 2 aliphatic carbocycles. The molecule has 11 rings (SSSR count). The Balaban J connectivity index is 1.13. The fourth-order valence-corrected chi connectivity index (χ4v) is 12.7. The maximum atomic E-state index is 15.4. The van der Waals surface area contributed by atoms with Gasteiger partial charge in [-0.3, -0.25) is 29.4 Å². The summed E-state index contributed by atoms with van der Waals surface area (Å²) >= 11 is 1.55. The molecular weight excluding hydrogens is 905 g/mol. The third kappa shape index (κ3) is 9.47. The van der Waals surface area contributed by atoms with E-state index in [-0.39, 0.29) is 65.1 Å². The van der Waals surface area contributed by atoms with Gasteiger partial charge >= 0.3 is 0 Å². The molecule has 2 N–H and O–H groups in total. The maximum Gasteiger partial charge on any atom is 0.261 e. The van der Waals surface area contributed by atoms with Crippen LogP contribution in [0.4, 0.5) is 0 Å². The number of nitrogens with zero attached hydrogens (tertiary/aromatic N) is 6. The van der Waals surface area contributed by atoms with E-state index >= 15 is 4.79 Å². The molecule has 0 spiro atoms. The van der Waals surface area contributed by atoms with Crippen LogP contribution in [0.25, 0.3) is 33.4 Å². The predicted molar refractivity (Wildman–Crippen MR) is 270 cm³/mol. The Labute approximate surface area is 417 Å². The Bertz CT molecular complexity index is 2610. The first kappa shape index (κ1) is 49.3. The molecule has 4 aromatic rings. The van der Waals surface area contributed by atoms with Gasteiger partial charge in [-0.15, -0.1) is 11.3 Å². The molecule has 8 heterocycles. The van der Waals surface area contributed by atoms with Gasteiger partial charge in [-0.05, 0) is 87.0 Å². The number of pyridine rings is 1. The number of carbonyl (C=O) groups excluding carboxylic acids is 2. The lowest BCUT2D eigenvalue weighted by atomic mass is 9.72. The lowest BCUT2D eigenvalue weighted by molar-refractivity contribution is -0.210. The van der Waals surface area contributed by atoms with E-state index < -0.39 is 18.4 Å². The van der Waals surface area contributed by atoms with Gasteiger partial charge in [0.05, 0.1) is 74.3 Å². The summed E-state index contributed by atoms with van der Waals surface area (Å²) in [5.41, 5.74) is 11.1. The van der Waals surface area contributed by atoms with E-state index in [4.69, 9.17) is 33.7 Å². The summed E-state index contributed by atoms with van der Waals surface area (Å²) in [6.07, 6.45) is 3.28. The number of hydrogen-bond donors (Lipinski definition) is 2. The minimum Gasteiger partial charge on any atom is -0.379 e. The molecule has 16 heteroatoms. The predicted octanol–water partition coefficient (Wildman–Crippen LogP) is 6.45.